The summed E-state index contributed by atoms with van der Waals surface area (Å²) in [7, 11) is 0. The van der Waals surface area contributed by atoms with Crippen LogP contribution >= 0.6 is 0 Å². The second-order valence-corrected chi connectivity index (χ2v) is 32.0. The molecule has 0 aliphatic carbocycles. The van der Waals surface area contributed by atoms with E-state index in [1.165, 1.54) is 25.7 Å². The fourth-order valence-electron chi connectivity index (χ4n) is 10.3. The van der Waals surface area contributed by atoms with Crippen LogP contribution in [0.4, 0.5) is 0 Å². The molecule has 0 amide bonds. The largest absolute Gasteiger partial charge is 0.460 e. The topological polar surface area (TPSA) is 411 Å². The van der Waals surface area contributed by atoms with E-state index >= 15 is 0 Å². The van der Waals surface area contributed by atoms with E-state index < -0.39 is 53.7 Å². The molecule has 14 atom stereocenters. The second-order valence-electron chi connectivity index (χ2n) is 32.0. The van der Waals surface area contributed by atoms with E-state index in [2.05, 4.69) is 77.8 Å². The molecule has 0 aromatic carbocycles. The van der Waals surface area contributed by atoms with Gasteiger partial charge in [-0.15, -0.1) is 0 Å². The van der Waals surface area contributed by atoms with Gasteiger partial charge in [0.25, 0.3) is 0 Å². The Hall–Kier alpha value is -8.28. The average Bonchev–Trinajstić information content (AvgIpc) is 1.88. The van der Waals surface area contributed by atoms with Crippen LogP contribution in [0.25, 0.3) is 0 Å². The lowest BCUT2D eigenvalue weighted by molar-refractivity contribution is -0.158. The first-order chi connectivity index (χ1) is 65.3. The van der Waals surface area contributed by atoms with Crippen molar-refractivity contribution < 1.29 is 171 Å². The minimum atomic E-state index is -0.635. The molecule has 36 heteroatoms. The number of carbonyl (C=O) groups excluding carboxylic acids is 10. The van der Waals surface area contributed by atoms with Gasteiger partial charge in [0.1, 0.15) is 56.9 Å². The molecular weight excluding hydrogens is 1790 g/mol. The first-order valence-corrected chi connectivity index (χ1v) is 47.4. The third-order valence-corrected chi connectivity index (χ3v) is 17.5. The van der Waals surface area contributed by atoms with E-state index in [0.29, 0.717) is 125 Å². The van der Waals surface area contributed by atoms with Crippen LogP contribution in [0, 0.1) is 5.92 Å². The number of hydrogen-bond acceptors (Lipinski definition) is 36. The lowest BCUT2D eigenvalue weighted by atomic mass is 10.0. The van der Waals surface area contributed by atoms with E-state index in [1.54, 1.807) is 34.6 Å². The first kappa shape index (κ1) is 137. The molecule has 4 aliphatic rings. The number of carbonyl (C=O) groups is 10. The van der Waals surface area contributed by atoms with Gasteiger partial charge in [-0.1, -0.05) is 92.3 Å². The highest BCUT2D eigenvalue weighted by Crippen LogP contribution is 2.17. The summed E-state index contributed by atoms with van der Waals surface area (Å²) in [4.78, 5) is 108. The van der Waals surface area contributed by atoms with Gasteiger partial charge < -0.3 is 123 Å². The van der Waals surface area contributed by atoms with Gasteiger partial charge in [0.2, 0.25) is 0 Å². The summed E-state index contributed by atoms with van der Waals surface area (Å²) < 4.78 is 134. The van der Waals surface area contributed by atoms with Crippen LogP contribution < -0.4 is 0 Å². The number of ether oxygens (including phenoxy) is 26. The lowest BCUT2D eigenvalue weighted by Gasteiger charge is -2.20. The first-order valence-electron chi connectivity index (χ1n) is 47.4. The van der Waals surface area contributed by atoms with Gasteiger partial charge in [-0.25, -0.2) is 47.9 Å². The molecule has 4 aliphatic heterocycles. The lowest BCUT2D eigenvalue weighted by Crippen LogP contribution is -2.27. The molecule has 0 bridgehead atoms. The maximum atomic E-state index is 11.0. The SMILES string of the molecule is C=CC(=O)OC(C)COC(C)C.C=CC(=O)OC(C)COC(C)COC(C)C.C=CC(=O)OC(C)COC(C)COC(C)COC(C)C.C=CC(=O)OC(C)COC(C)COCC.C=CC(=O)OC(C)COCC1CCCO1.C=CC(=O)OCC(=O)OCC1CCCO1.C=CC(=O)OCC1CCCO1.C=CC(=O)OCCOCC1CCCO1.C=CC(=O)OCCOCCOCC(CC)CCCC. The van der Waals surface area contributed by atoms with Gasteiger partial charge in [-0.3, -0.25) is 0 Å². The van der Waals surface area contributed by atoms with Gasteiger partial charge in [0.05, 0.1) is 166 Å². The molecule has 0 aromatic heterocycles. The smallest absolute Gasteiger partial charge is 0.344 e. The highest BCUT2D eigenvalue weighted by molar-refractivity contribution is 5.85. The molecule has 4 rings (SSSR count). The molecule has 36 nitrogen and oxygen atoms in total. The van der Waals surface area contributed by atoms with Gasteiger partial charge in [-0.05, 0) is 174 Å². The zero-order valence-corrected chi connectivity index (χ0v) is 85.9. The van der Waals surface area contributed by atoms with Crippen molar-refractivity contribution in [2.45, 2.75) is 299 Å². The number of unbranched alkanes of at least 4 members (excludes halogenated alkanes) is 1. The zero-order valence-electron chi connectivity index (χ0n) is 85.9. The molecule has 4 heterocycles. The molecule has 137 heavy (non-hydrogen) atoms. The summed E-state index contributed by atoms with van der Waals surface area (Å²) >= 11 is 0. The molecule has 0 spiro atoms. The third kappa shape index (κ3) is 99.1. The minimum Gasteiger partial charge on any atom is -0.460 e. The molecule has 4 fully saturated rings. The highest BCUT2D eigenvalue weighted by atomic mass is 16.6. The summed E-state index contributed by atoms with van der Waals surface area (Å²) in [5, 5.41) is 0. The van der Waals surface area contributed by atoms with E-state index in [0.717, 1.165) is 132 Å². The van der Waals surface area contributed by atoms with Crippen molar-refractivity contribution in [3.63, 3.8) is 0 Å². The molecule has 794 valence electrons. The summed E-state index contributed by atoms with van der Waals surface area (Å²) in [6, 6.07) is 0. The average molecular weight is 1960 g/mol. The van der Waals surface area contributed by atoms with Crippen LogP contribution in [0.3, 0.4) is 0 Å². The Morgan fingerprint density at radius 1 is 0.285 bits per heavy atom. The predicted octanol–water partition coefficient (Wildman–Crippen LogP) is 13.9. The van der Waals surface area contributed by atoms with Gasteiger partial charge in [0, 0.05) is 94.3 Å². The van der Waals surface area contributed by atoms with Crippen molar-refractivity contribution in [3.05, 3.63) is 114 Å². The minimum absolute atomic E-state index is 0.00715. The highest BCUT2D eigenvalue weighted by Gasteiger charge is 2.22. The Bertz CT molecular complexity index is 3120. The predicted molar refractivity (Wildman–Crippen MR) is 518 cm³/mol. The molecule has 14 unspecified atom stereocenters. The maximum Gasteiger partial charge on any atom is 0.344 e. The Labute approximate surface area is 818 Å². The van der Waals surface area contributed by atoms with Gasteiger partial charge in [-0.2, -0.15) is 0 Å². The van der Waals surface area contributed by atoms with E-state index in [-0.39, 0.29) is 130 Å². The fourth-order valence-corrected chi connectivity index (χ4v) is 10.3. The quantitative estimate of drug-likeness (QED) is 0.0236. The van der Waals surface area contributed by atoms with Crippen molar-refractivity contribution in [1.82, 2.24) is 0 Å². The number of hydrogen-bond donors (Lipinski definition) is 0. The van der Waals surface area contributed by atoms with Crippen molar-refractivity contribution >= 4 is 59.7 Å². The van der Waals surface area contributed by atoms with Gasteiger partial charge >= 0.3 is 59.7 Å². The molecular formula is C101H174O36. The third-order valence-electron chi connectivity index (χ3n) is 17.5. The van der Waals surface area contributed by atoms with Crippen LogP contribution in [-0.2, 0) is 171 Å². The van der Waals surface area contributed by atoms with Crippen LogP contribution in [0.1, 0.15) is 202 Å². The zero-order chi connectivity index (χ0) is 104. The number of rotatable bonds is 65. The second kappa shape index (κ2) is 96.6. The van der Waals surface area contributed by atoms with Crippen LogP contribution in [-0.4, -0.2) is 329 Å². The van der Waals surface area contributed by atoms with E-state index in [4.69, 9.17) is 118 Å². The summed E-state index contributed by atoms with van der Waals surface area (Å²) in [6.07, 6.45) is 23.1. The van der Waals surface area contributed by atoms with Crippen LogP contribution in [0.15, 0.2) is 114 Å². The Morgan fingerprint density at radius 2 is 0.562 bits per heavy atom. The number of esters is 10. The molecule has 0 radical (unpaired) electrons. The van der Waals surface area contributed by atoms with Crippen molar-refractivity contribution in [2.24, 2.45) is 5.92 Å². The molecule has 0 N–H and O–H groups in total. The summed E-state index contributed by atoms with van der Waals surface area (Å²) in [6.45, 7) is 77.0. The molecule has 0 aromatic rings. The van der Waals surface area contributed by atoms with Gasteiger partial charge in [0.15, 0.2) is 6.61 Å². The Morgan fingerprint density at radius 3 is 0.891 bits per heavy atom. The van der Waals surface area contributed by atoms with Crippen molar-refractivity contribution in [1.29, 1.82) is 0 Å². The van der Waals surface area contributed by atoms with Crippen LogP contribution in [0.2, 0.25) is 0 Å². The Kier molecular flexibility index (Phi) is 96.7. The van der Waals surface area contributed by atoms with Crippen molar-refractivity contribution in [2.75, 3.05) is 172 Å². The standard InChI is InChI=1S/C15H28O5.C15H28O4.C12H22O4.C11H18O4.C11H20O4.C10H14O5.C10H16O4.C9H16O3.C8H12O3/c1-7-15(16)20-14(6)10-19-13(5)9-18-12(4)8-17-11(2)3;1-4-7-8-14(5-2)13-18-10-9-17-11-12-19-15(16)6-3;1-6-12(13)16-11(5)8-15-10(4)7-14-9(2)3;1-3-11(12)15-9(2)7-13-8-10-5-4-6-14-10;1-5-11(12)15-10(4)8-14-9(3)7-13-6-2;1-2-9(11)15-7-10(12)14-6-8-4-3-5-13-8;1-2-10(11)14-7-6-12-8-9-4-3-5-13-9;1-5-9(10)12-8(4)6-11-7(2)3;1-2-8(9)11-6-7-4-3-5-10-7/h7,11-14H,1,8-10H2,2-6H3;6,14H,3-5,7-13H2,1-2H3;6,9-11H,1,7-8H2,2-5H3;3,9-10H,1,4-8H2,2H3;5,9-10H,1,6-8H2,2-4H3;2,8H,1,3-7H2;2,9H,1,3-8H2;5,7-8H,1,6H2,2-4H3;2,7H,1,3-6H2. The van der Waals surface area contributed by atoms with E-state index in [1.807, 2.05) is 76.2 Å². The molecule has 4 saturated heterocycles. The normalized spacial score (nSPS) is 16.9. The van der Waals surface area contributed by atoms with Crippen molar-refractivity contribution in [3.8, 4) is 0 Å². The van der Waals surface area contributed by atoms with E-state index in [9.17, 15) is 47.9 Å². The summed E-state index contributed by atoms with van der Waals surface area (Å²) in [5.41, 5.74) is 0. The maximum absolute atomic E-state index is 11.0. The Balaban J connectivity index is -0.000000479. The monoisotopic (exact) mass is 1960 g/mol. The fraction of sp³-hybridized carbons (Fsp3) is 0.723. The van der Waals surface area contributed by atoms with Crippen LogP contribution in [0.5, 0.6) is 0 Å². The summed E-state index contributed by atoms with van der Waals surface area (Å²) in [5.74, 6) is -3.86. The molecule has 0 saturated carbocycles.